The van der Waals surface area contributed by atoms with Gasteiger partial charge in [0.1, 0.15) is 5.75 Å². The maximum absolute atomic E-state index is 6.09. The van der Waals surface area contributed by atoms with Crippen LogP contribution in [-0.4, -0.2) is 13.7 Å². The van der Waals surface area contributed by atoms with Gasteiger partial charge >= 0.3 is 0 Å². The van der Waals surface area contributed by atoms with Crippen molar-refractivity contribution in [3.05, 3.63) is 29.3 Å². The molecule has 1 aliphatic carbocycles. The zero-order valence-corrected chi connectivity index (χ0v) is 12.5. The lowest BCUT2D eigenvalue weighted by Crippen LogP contribution is -2.28. The second-order valence-corrected chi connectivity index (χ2v) is 6.00. The number of nitrogens with two attached hydrogens (primary N) is 1. The van der Waals surface area contributed by atoms with Gasteiger partial charge in [-0.05, 0) is 54.8 Å². The number of rotatable bonds is 4. The molecule has 3 unspecified atom stereocenters. The Labute approximate surface area is 117 Å². The molecule has 2 N–H and O–H groups in total. The Hall–Kier alpha value is -1.02. The minimum absolute atomic E-state index is 0.500. The van der Waals surface area contributed by atoms with Gasteiger partial charge < -0.3 is 10.5 Å². The minimum atomic E-state index is 0.500. The normalized spacial score (nSPS) is 25.1. The predicted octanol–water partition coefficient (Wildman–Crippen LogP) is 3.87. The predicted molar refractivity (Wildman–Crippen MR) is 80.6 cm³/mol. The molecule has 0 radical (unpaired) electrons. The Morgan fingerprint density at radius 1 is 1.32 bits per heavy atom. The summed E-state index contributed by atoms with van der Waals surface area (Å²) in [4.78, 5) is 0. The van der Waals surface area contributed by atoms with E-state index in [0.29, 0.717) is 5.92 Å². The summed E-state index contributed by atoms with van der Waals surface area (Å²) in [7, 11) is 1.73. The van der Waals surface area contributed by atoms with Gasteiger partial charge in [-0.2, -0.15) is 0 Å². The SMILES string of the molecule is COc1ccc(C(CN)C2CCCCC2C)cc1C. The highest BCUT2D eigenvalue weighted by molar-refractivity contribution is 5.38. The Balaban J connectivity index is 2.23. The standard InChI is InChI=1S/C17H27NO/c1-12-6-4-5-7-15(12)16(11-18)14-8-9-17(19-3)13(2)10-14/h8-10,12,15-16H,4-7,11,18H2,1-3H3. The number of benzene rings is 1. The molecule has 0 heterocycles. The summed E-state index contributed by atoms with van der Waals surface area (Å²) in [6, 6.07) is 6.54. The van der Waals surface area contributed by atoms with Crippen molar-refractivity contribution < 1.29 is 4.74 Å². The van der Waals surface area contributed by atoms with E-state index in [-0.39, 0.29) is 0 Å². The third kappa shape index (κ3) is 3.11. The Morgan fingerprint density at radius 3 is 2.63 bits per heavy atom. The van der Waals surface area contributed by atoms with Crippen LogP contribution in [0.4, 0.5) is 0 Å². The van der Waals surface area contributed by atoms with Gasteiger partial charge in [0.25, 0.3) is 0 Å². The number of hydrogen-bond donors (Lipinski definition) is 1. The summed E-state index contributed by atoms with van der Waals surface area (Å²) in [5.74, 6) is 3.01. The van der Waals surface area contributed by atoms with Crippen LogP contribution >= 0.6 is 0 Å². The fourth-order valence-electron chi connectivity index (χ4n) is 3.63. The third-order valence-corrected chi connectivity index (χ3v) is 4.80. The van der Waals surface area contributed by atoms with Crippen molar-refractivity contribution in [3.63, 3.8) is 0 Å². The molecular weight excluding hydrogens is 234 g/mol. The van der Waals surface area contributed by atoms with Crippen LogP contribution in [0.5, 0.6) is 5.75 Å². The lowest BCUT2D eigenvalue weighted by molar-refractivity contribution is 0.218. The molecule has 0 bridgehead atoms. The second-order valence-electron chi connectivity index (χ2n) is 6.00. The quantitative estimate of drug-likeness (QED) is 0.893. The zero-order chi connectivity index (χ0) is 13.8. The van der Waals surface area contributed by atoms with E-state index in [1.54, 1.807) is 7.11 Å². The molecule has 3 atom stereocenters. The molecule has 2 nitrogen and oxygen atoms in total. The summed E-state index contributed by atoms with van der Waals surface area (Å²) in [6.45, 7) is 5.25. The van der Waals surface area contributed by atoms with E-state index in [0.717, 1.165) is 24.1 Å². The van der Waals surface area contributed by atoms with Crippen LogP contribution in [0.25, 0.3) is 0 Å². The van der Waals surface area contributed by atoms with Gasteiger partial charge in [-0.1, -0.05) is 38.3 Å². The molecule has 0 saturated heterocycles. The van der Waals surface area contributed by atoms with E-state index >= 15 is 0 Å². The number of methoxy groups -OCH3 is 1. The lowest BCUT2D eigenvalue weighted by Gasteiger charge is -2.35. The average Bonchev–Trinajstić information content (AvgIpc) is 2.42. The fraction of sp³-hybridized carbons (Fsp3) is 0.647. The summed E-state index contributed by atoms with van der Waals surface area (Å²) < 4.78 is 5.35. The number of hydrogen-bond acceptors (Lipinski definition) is 2. The second kappa shape index (κ2) is 6.42. The van der Waals surface area contributed by atoms with Gasteiger partial charge in [-0.15, -0.1) is 0 Å². The Kier molecular flexibility index (Phi) is 4.87. The summed E-state index contributed by atoms with van der Waals surface area (Å²) in [5, 5.41) is 0. The molecule has 0 amide bonds. The number of ether oxygens (including phenoxy) is 1. The maximum atomic E-state index is 6.09. The van der Waals surface area contributed by atoms with Crippen LogP contribution in [0.15, 0.2) is 18.2 Å². The summed E-state index contributed by atoms with van der Waals surface area (Å²) >= 11 is 0. The minimum Gasteiger partial charge on any atom is -0.496 e. The fourth-order valence-corrected chi connectivity index (χ4v) is 3.63. The van der Waals surface area contributed by atoms with Gasteiger partial charge in [0.15, 0.2) is 0 Å². The highest BCUT2D eigenvalue weighted by atomic mass is 16.5. The zero-order valence-electron chi connectivity index (χ0n) is 12.5. The van der Waals surface area contributed by atoms with Crippen LogP contribution in [0.3, 0.4) is 0 Å². The molecule has 2 heteroatoms. The van der Waals surface area contributed by atoms with Crippen molar-refractivity contribution in [2.75, 3.05) is 13.7 Å². The summed E-state index contributed by atoms with van der Waals surface area (Å²) in [6.07, 6.45) is 5.43. The number of aryl methyl sites for hydroxylation is 1. The van der Waals surface area contributed by atoms with E-state index in [9.17, 15) is 0 Å². The molecule has 1 aromatic rings. The van der Waals surface area contributed by atoms with E-state index in [2.05, 4.69) is 32.0 Å². The van der Waals surface area contributed by atoms with Crippen LogP contribution < -0.4 is 10.5 Å². The highest BCUT2D eigenvalue weighted by Crippen LogP contribution is 2.40. The van der Waals surface area contributed by atoms with E-state index < -0.39 is 0 Å². The van der Waals surface area contributed by atoms with E-state index in [4.69, 9.17) is 10.5 Å². The average molecular weight is 261 g/mol. The molecule has 0 spiro atoms. The largest absolute Gasteiger partial charge is 0.496 e. The monoisotopic (exact) mass is 261 g/mol. The van der Waals surface area contributed by atoms with Crippen LogP contribution in [0.2, 0.25) is 0 Å². The van der Waals surface area contributed by atoms with Crippen molar-refractivity contribution in [2.45, 2.75) is 45.4 Å². The van der Waals surface area contributed by atoms with Gasteiger partial charge in [0.05, 0.1) is 7.11 Å². The molecule has 19 heavy (non-hydrogen) atoms. The van der Waals surface area contributed by atoms with Crippen LogP contribution in [0.1, 0.15) is 49.7 Å². The molecule has 1 fully saturated rings. The molecule has 0 aliphatic heterocycles. The summed E-state index contributed by atoms with van der Waals surface area (Å²) in [5.41, 5.74) is 8.69. The van der Waals surface area contributed by atoms with Crippen molar-refractivity contribution in [1.82, 2.24) is 0 Å². The highest BCUT2D eigenvalue weighted by Gasteiger charge is 2.29. The van der Waals surface area contributed by atoms with E-state index in [1.807, 2.05) is 0 Å². The Morgan fingerprint density at radius 2 is 2.05 bits per heavy atom. The van der Waals surface area contributed by atoms with Crippen molar-refractivity contribution in [3.8, 4) is 5.75 Å². The molecule has 1 aromatic carbocycles. The van der Waals surface area contributed by atoms with Crippen molar-refractivity contribution in [2.24, 2.45) is 17.6 Å². The molecule has 1 saturated carbocycles. The van der Waals surface area contributed by atoms with Gasteiger partial charge in [0, 0.05) is 0 Å². The lowest BCUT2D eigenvalue weighted by atomic mass is 9.71. The Bertz CT molecular complexity index is 416. The maximum Gasteiger partial charge on any atom is 0.121 e. The third-order valence-electron chi connectivity index (χ3n) is 4.80. The van der Waals surface area contributed by atoms with Crippen molar-refractivity contribution >= 4 is 0 Å². The van der Waals surface area contributed by atoms with Gasteiger partial charge in [-0.25, -0.2) is 0 Å². The van der Waals surface area contributed by atoms with Gasteiger partial charge in [-0.3, -0.25) is 0 Å². The smallest absolute Gasteiger partial charge is 0.121 e. The van der Waals surface area contributed by atoms with Crippen LogP contribution in [-0.2, 0) is 0 Å². The van der Waals surface area contributed by atoms with E-state index in [1.165, 1.54) is 36.8 Å². The van der Waals surface area contributed by atoms with Crippen molar-refractivity contribution in [1.29, 1.82) is 0 Å². The molecule has 2 rings (SSSR count). The molecular formula is C17H27NO. The topological polar surface area (TPSA) is 35.2 Å². The first-order chi connectivity index (χ1) is 9.17. The first-order valence-electron chi connectivity index (χ1n) is 7.52. The van der Waals surface area contributed by atoms with Gasteiger partial charge in [0.2, 0.25) is 0 Å². The molecule has 0 aromatic heterocycles. The molecule has 1 aliphatic rings. The van der Waals surface area contributed by atoms with Crippen LogP contribution in [0, 0.1) is 18.8 Å². The first kappa shape index (κ1) is 14.4. The first-order valence-corrected chi connectivity index (χ1v) is 7.52. The molecule has 106 valence electrons.